The lowest BCUT2D eigenvalue weighted by Crippen LogP contribution is -2.47. The number of ether oxygens (including phenoxy) is 1. The number of hydrazone groups is 1. The van der Waals surface area contributed by atoms with Gasteiger partial charge in [-0.15, -0.1) is 0 Å². The summed E-state index contributed by atoms with van der Waals surface area (Å²) in [5.41, 5.74) is 0.466. The number of rotatable bonds is 4. The van der Waals surface area contributed by atoms with Crippen molar-refractivity contribution in [2.45, 2.75) is 6.18 Å². The van der Waals surface area contributed by atoms with Gasteiger partial charge in [-0.1, -0.05) is 12.1 Å². The van der Waals surface area contributed by atoms with E-state index in [4.69, 9.17) is 4.74 Å². The largest absolute Gasteiger partial charge is 0.424 e. The fourth-order valence-electron chi connectivity index (χ4n) is 2.07. The van der Waals surface area contributed by atoms with E-state index in [1.165, 1.54) is 12.4 Å². The molecule has 0 spiro atoms. The van der Waals surface area contributed by atoms with Crippen molar-refractivity contribution in [2.75, 3.05) is 13.1 Å². The Kier molecular flexibility index (Phi) is 4.50. The van der Waals surface area contributed by atoms with Crippen molar-refractivity contribution in [3.8, 4) is 11.8 Å². The van der Waals surface area contributed by atoms with Crippen molar-refractivity contribution >= 4 is 11.7 Å². The van der Waals surface area contributed by atoms with Gasteiger partial charge in [0.25, 0.3) is 5.91 Å². The van der Waals surface area contributed by atoms with Gasteiger partial charge >= 0.3 is 12.2 Å². The Morgan fingerprint density at radius 3 is 2.68 bits per heavy atom. The quantitative estimate of drug-likeness (QED) is 0.910. The van der Waals surface area contributed by atoms with E-state index < -0.39 is 18.6 Å². The predicted octanol–water partition coefficient (Wildman–Crippen LogP) is 1.92. The number of nitrogens with zero attached hydrogens (tertiary/aromatic N) is 4. The van der Waals surface area contributed by atoms with Crippen molar-refractivity contribution in [1.82, 2.24) is 20.3 Å². The molecule has 7 nitrogen and oxygen atoms in total. The molecule has 1 aromatic heterocycles. The summed E-state index contributed by atoms with van der Waals surface area (Å²) in [5, 5.41) is 6.85. The van der Waals surface area contributed by atoms with Crippen molar-refractivity contribution in [1.29, 1.82) is 0 Å². The van der Waals surface area contributed by atoms with E-state index in [0.717, 1.165) is 0 Å². The Hall–Kier alpha value is -3.17. The van der Waals surface area contributed by atoms with Gasteiger partial charge in [0.15, 0.2) is 5.84 Å². The van der Waals surface area contributed by atoms with Crippen LogP contribution in [-0.2, 0) is 4.79 Å². The summed E-state index contributed by atoms with van der Waals surface area (Å²) in [5.74, 6) is -0.234. The summed E-state index contributed by atoms with van der Waals surface area (Å²) in [6.07, 6.45) is -1.50. The number of carbonyl (C=O) groups excluding carboxylic acids is 1. The molecule has 3 rings (SSSR count). The van der Waals surface area contributed by atoms with Crippen molar-refractivity contribution in [3.05, 3.63) is 48.3 Å². The van der Waals surface area contributed by atoms with Crippen LogP contribution in [0.1, 0.15) is 5.56 Å². The highest BCUT2D eigenvalue weighted by Gasteiger charge is 2.35. The van der Waals surface area contributed by atoms with E-state index in [1.54, 1.807) is 30.3 Å². The number of benzene rings is 1. The van der Waals surface area contributed by atoms with E-state index in [2.05, 4.69) is 20.4 Å². The van der Waals surface area contributed by atoms with E-state index >= 15 is 0 Å². The van der Waals surface area contributed by atoms with Crippen LogP contribution in [0.3, 0.4) is 0 Å². The third kappa shape index (κ3) is 4.43. The summed E-state index contributed by atoms with van der Waals surface area (Å²) in [6.45, 7) is -1.72. The molecule has 0 saturated carbocycles. The summed E-state index contributed by atoms with van der Waals surface area (Å²) in [4.78, 5) is 19.4. The molecule has 1 amide bonds. The molecule has 0 atom stereocenters. The second-order valence-electron chi connectivity index (χ2n) is 5.03. The Labute approximate surface area is 140 Å². The van der Waals surface area contributed by atoms with Crippen LogP contribution in [0.25, 0.3) is 0 Å². The maximum atomic E-state index is 12.5. The number of hydrogen-bond donors (Lipinski definition) is 1. The molecule has 0 fully saturated rings. The van der Waals surface area contributed by atoms with Crippen LogP contribution in [0, 0.1) is 0 Å². The van der Waals surface area contributed by atoms with Gasteiger partial charge in [-0.2, -0.15) is 18.3 Å². The number of amidine groups is 1. The molecule has 1 aliphatic heterocycles. The van der Waals surface area contributed by atoms with Crippen LogP contribution in [0.15, 0.2) is 47.8 Å². The van der Waals surface area contributed by atoms with Gasteiger partial charge in [0, 0.05) is 18.0 Å². The number of alkyl halides is 3. The third-order valence-electron chi connectivity index (χ3n) is 3.10. The molecule has 0 aliphatic carbocycles. The fourth-order valence-corrected chi connectivity index (χ4v) is 2.07. The number of halogens is 3. The fraction of sp³-hybridized carbons (Fsp3) is 0.200. The van der Waals surface area contributed by atoms with Gasteiger partial charge in [0.1, 0.15) is 12.3 Å². The zero-order valence-electron chi connectivity index (χ0n) is 12.7. The van der Waals surface area contributed by atoms with Gasteiger partial charge < -0.3 is 10.1 Å². The van der Waals surface area contributed by atoms with E-state index in [-0.39, 0.29) is 18.4 Å². The standard InChI is InChI=1S/C15H12F3N5O2/c16-15(17,18)9-23-12(24)8-21-13(22-23)10-3-1-4-11(7-10)25-14-19-5-2-6-20-14/h1-7H,8-9H2,(H,21,22). The van der Waals surface area contributed by atoms with E-state index in [1.807, 2.05) is 0 Å². The van der Waals surface area contributed by atoms with Crippen LogP contribution >= 0.6 is 0 Å². The van der Waals surface area contributed by atoms with Crippen LogP contribution < -0.4 is 10.1 Å². The predicted molar refractivity (Wildman–Crippen MR) is 80.9 cm³/mol. The lowest BCUT2D eigenvalue weighted by atomic mass is 10.2. The number of aromatic nitrogens is 2. The first-order valence-corrected chi connectivity index (χ1v) is 7.16. The molecule has 25 heavy (non-hydrogen) atoms. The molecular formula is C15H12F3N5O2. The highest BCUT2D eigenvalue weighted by atomic mass is 19.4. The minimum absolute atomic E-state index is 0.132. The topological polar surface area (TPSA) is 79.7 Å². The summed E-state index contributed by atoms with van der Waals surface area (Å²) >= 11 is 0. The molecule has 0 unspecified atom stereocenters. The average molecular weight is 351 g/mol. The summed E-state index contributed by atoms with van der Waals surface area (Å²) in [7, 11) is 0. The lowest BCUT2D eigenvalue weighted by Gasteiger charge is -2.25. The second-order valence-corrected chi connectivity index (χ2v) is 5.03. The van der Waals surface area contributed by atoms with Gasteiger partial charge in [-0.05, 0) is 18.2 Å². The Balaban J connectivity index is 1.82. The lowest BCUT2D eigenvalue weighted by molar-refractivity contribution is -0.161. The van der Waals surface area contributed by atoms with Crippen molar-refractivity contribution < 1.29 is 22.7 Å². The summed E-state index contributed by atoms with van der Waals surface area (Å²) < 4.78 is 43.1. The van der Waals surface area contributed by atoms with Crippen molar-refractivity contribution in [3.63, 3.8) is 0 Å². The van der Waals surface area contributed by atoms with E-state index in [9.17, 15) is 18.0 Å². The molecule has 0 bridgehead atoms. The second kappa shape index (κ2) is 6.75. The minimum atomic E-state index is -4.53. The normalized spacial score (nSPS) is 14.8. The number of nitrogens with one attached hydrogen (secondary N) is 1. The Morgan fingerprint density at radius 1 is 1.20 bits per heavy atom. The van der Waals surface area contributed by atoms with Crippen molar-refractivity contribution in [2.24, 2.45) is 5.10 Å². The molecule has 0 radical (unpaired) electrons. The number of amides is 1. The van der Waals surface area contributed by atoms with Gasteiger partial charge in [-0.3, -0.25) is 4.79 Å². The van der Waals surface area contributed by atoms with Crippen LogP contribution in [-0.4, -0.2) is 46.0 Å². The maximum absolute atomic E-state index is 12.5. The first-order valence-electron chi connectivity index (χ1n) is 7.16. The zero-order chi connectivity index (χ0) is 17.9. The molecule has 2 aromatic rings. The number of hydrogen-bond acceptors (Lipinski definition) is 6. The Morgan fingerprint density at radius 2 is 1.96 bits per heavy atom. The first kappa shape index (κ1) is 16.7. The Bertz CT molecular complexity index is 795. The molecular weight excluding hydrogens is 339 g/mol. The SMILES string of the molecule is O=C1CNC(c2cccc(Oc3ncccn3)c2)=NN1CC(F)(F)F. The van der Waals surface area contributed by atoms with Crippen LogP contribution in [0.4, 0.5) is 13.2 Å². The first-order chi connectivity index (χ1) is 11.9. The molecule has 1 N–H and O–H groups in total. The molecule has 10 heteroatoms. The molecule has 1 aliphatic rings. The zero-order valence-corrected chi connectivity index (χ0v) is 12.7. The van der Waals surface area contributed by atoms with Crippen LogP contribution in [0.5, 0.6) is 11.8 Å². The van der Waals surface area contributed by atoms with Gasteiger partial charge in [0.05, 0.1) is 6.54 Å². The summed E-state index contributed by atoms with van der Waals surface area (Å²) in [6, 6.07) is 8.24. The molecule has 0 saturated heterocycles. The van der Waals surface area contributed by atoms with Gasteiger partial charge in [-0.25, -0.2) is 15.0 Å². The smallest absolute Gasteiger partial charge is 0.408 e. The number of carbonyl (C=O) groups is 1. The average Bonchev–Trinajstić information content (AvgIpc) is 2.57. The monoisotopic (exact) mass is 351 g/mol. The van der Waals surface area contributed by atoms with Crippen LogP contribution in [0.2, 0.25) is 0 Å². The molecule has 1 aromatic carbocycles. The maximum Gasteiger partial charge on any atom is 0.408 e. The molecule has 2 heterocycles. The highest BCUT2D eigenvalue weighted by Crippen LogP contribution is 2.21. The van der Waals surface area contributed by atoms with Gasteiger partial charge in [0.2, 0.25) is 0 Å². The highest BCUT2D eigenvalue weighted by molar-refractivity contribution is 6.03. The minimum Gasteiger partial charge on any atom is -0.424 e. The molecule has 130 valence electrons. The van der Waals surface area contributed by atoms with E-state index in [0.29, 0.717) is 16.3 Å². The third-order valence-corrected chi connectivity index (χ3v) is 3.10.